The minimum absolute atomic E-state index is 0.00989. The van der Waals surface area contributed by atoms with E-state index in [0.717, 1.165) is 0 Å². The molecule has 220 valence electrons. The molecule has 16 heteroatoms. The Labute approximate surface area is 240 Å². The average Bonchev–Trinajstić information content (AvgIpc) is 3.65. The van der Waals surface area contributed by atoms with E-state index in [0.29, 0.717) is 43.8 Å². The Hall–Kier alpha value is -3.55. The first-order chi connectivity index (χ1) is 19.5. The minimum Gasteiger partial charge on any atom is -0.477 e. The molecule has 0 radical (unpaired) electrons. The van der Waals surface area contributed by atoms with E-state index in [1.54, 1.807) is 11.8 Å². The van der Waals surface area contributed by atoms with Crippen molar-refractivity contribution in [3.8, 4) is 6.07 Å². The number of thioether (sulfide) groups is 1. The number of aliphatic carboxylic acids is 1. The quantitative estimate of drug-likeness (QED) is 0.247. The highest BCUT2D eigenvalue weighted by molar-refractivity contribution is 8.03. The van der Waals surface area contributed by atoms with Crippen LogP contribution in [0.3, 0.4) is 0 Å². The van der Waals surface area contributed by atoms with E-state index in [2.05, 4.69) is 32.2 Å². The number of nitrogens with zero attached hydrogens (tertiary/aromatic N) is 7. The SMILES string of the molecule is CC(NC(=O)Cn1cnnn1)[C@H]1C(=O)N2C(C(=O)O)=C(S[C@@H]3CN[C@H](C(=O)N4CCC(N)(CC#N)CC4)C3)[C@H](C)[C@H]12. The van der Waals surface area contributed by atoms with Gasteiger partial charge in [0.05, 0.1) is 30.5 Å². The first-order valence-corrected chi connectivity index (χ1v) is 14.6. The largest absolute Gasteiger partial charge is 0.477 e. The number of tetrazole rings is 1. The monoisotopic (exact) mass is 586 g/mol. The maximum absolute atomic E-state index is 13.2. The lowest BCUT2D eigenvalue weighted by Crippen LogP contribution is -2.66. The van der Waals surface area contributed by atoms with E-state index in [1.165, 1.54) is 27.7 Å². The maximum Gasteiger partial charge on any atom is 0.353 e. The van der Waals surface area contributed by atoms with Crippen LogP contribution in [-0.2, 0) is 25.7 Å². The Bertz CT molecular complexity index is 1290. The van der Waals surface area contributed by atoms with Gasteiger partial charge in [-0.3, -0.25) is 14.4 Å². The summed E-state index contributed by atoms with van der Waals surface area (Å²) in [5.41, 5.74) is 5.71. The van der Waals surface area contributed by atoms with Crippen LogP contribution in [0.1, 0.15) is 39.5 Å². The van der Waals surface area contributed by atoms with Crippen LogP contribution in [0.25, 0.3) is 0 Å². The van der Waals surface area contributed by atoms with Crippen molar-refractivity contribution in [2.45, 2.75) is 75.0 Å². The van der Waals surface area contributed by atoms with Crippen LogP contribution in [-0.4, -0.2) is 107 Å². The number of hydrogen-bond donors (Lipinski definition) is 4. The lowest BCUT2D eigenvalue weighted by Gasteiger charge is -2.47. The molecule has 41 heavy (non-hydrogen) atoms. The molecule has 0 spiro atoms. The summed E-state index contributed by atoms with van der Waals surface area (Å²) in [6.45, 7) is 5.08. The van der Waals surface area contributed by atoms with Gasteiger partial charge in [0.2, 0.25) is 17.7 Å². The van der Waals surface area contributed by atoms with E-state index in [1.807, 2.05) is 6.92 Å². The van der Waals surface area contributed by atoms with Gasteiger partial charge in [-0.15, -0.1) is 16.9 Å². The maximum atomic E-state index is 13.2. The molecule has 4 aliphatic heterocycles. The molecule has 3 fully saturated rings. The van der Waals surface area contributed by atoms with Crippen LogP contribution < -0.4 is 16.4 Å². The predicted molar refractivity (Wildman–Crippen MR) is 144 cm³/mol. The number of carbonyl (C=O) groups is 4. The highest BCUT2D eigenvalue weighted by Gasteiger charge is 2.60. The fourth-order valence-corrected chi connectivity index (χ4v) is 7.85. The average molecular weight is 587 g/mol. The number of aromatic nitrogens is 4. The number of rotatable bonds is 9. The van der Waals surface area contributed by atoms with E-state index >= 15 is 0 Å². The Kier molecular flexibility index (Phi) is 8.04. The second-order valence-corrected chi connectivity index (χ2v) is 12.7. The Morgan fingerprint density at radius 2 is 2.10 bits per heavy atom. The van der Waals surface area contributed by atoms with Crippen LogP contribution >= 0.6 is 11.8 Å². The lowest BCUT2D eigenvalue weighted by molar-refractivity contribution is -0.158. The molecule has 3 saturated heterocycles. The zero-order valence-electron chi connectivity index (χ0n) is 22.9. The number of nitrogens with two attached hydrogens (primary N) is 1. The fraction of sp³-hybridized carbons (Fsp3) is 0.680. The molecule has 0 bridgehead atoms. The molecular formula is C25H34N10O5S. The third-order valence-electron chi connectivity index (χ3n) is 8.60. The second kappa shape index (κ2) is 11.4. The highest BCUT2D eigenvalue weighted by atomic mass is 32.2. The van der Waals surface area contributed by atoms with Crippen LogP contribution in [0.4, 0.5) is 0 Å². The van der Waals surface area contributed by atoms with Crippen molar-refractivity contribution in [2.24, 2.45) is 17.6 Å². The number of fused-ring (bicyclic) bond motifs is 1. The third kappa shape index (κ3) is 5.53. The number of nitriles is 1. The summed E-state index contributed by atoms with van der Waals surface area (Å²) >= 11 is 1.42. The van der Waals surface area contributed by atoms with Crippen molar-refractivity contribution in [3.63, 3.8) is 0 Å². The van der Waals surface area contributed by atoms with Crippen molar-refractivity contribution in [2.75, 3.05) is 19.6 Å². The van der Waals surface area contributed by atoms with Gasteiger partial charge in [-0.2, -0.15) is 5.26 Å². The summed E-state index contributed by atoms with van der Waals surface area (Å²) < 4.78 is 1.27. The summed E-state index contributed by atoms with van der Waals surface area (Å²) in [6, 6.07) is 0.839. The van der Waals surface area contributed by atoms with Crippen molar-refractivity contribution in [1.82, 2.24) is 40.6 Å². The normalized spacial score (nSPS) is 29.5. The van der Waals surface area contributed by atoms with Gasteiger partial charge in [0.15, 0.2) is 0 Å². The molecule has 0 aromatic carbocycles. The number of amides is 3. The van der Waals surface area contributed by atoms with Crippen molar-refractivity contribution in [1.29, 1.82) is 5.26 Å². The number of nitrogens with one attached hydrogen (secondary N) is 2. The first kappa shape index (κ1) is 29.0. The first-order valence-electron chi connectivity index (χ1n) is 13.7. The molecule has 1 aromatic rings. The Morgan fingerprint density at radius 1 is 1.37 bits per heavy atom. The molecule has 15 nitrogen and oxygen atoms in total. The van der Waals surface area contributed by atoms with Gasteiger partial charge >= 0.3 is 5.97 Å². The smallest absolute Gasteiger partial charge is 0.353 e. The second-order valence-electron chi connectivity index (χ2n) is 11.4. The van der Waals surface area contributed by atoms with Crippen molar-refractivity contribution < 1.29 is 24.3 Å². The molecule has 6 atom stereocenters. The number of β-lactam (4-membered cyclic amide) rings is 1. The molecule has 4 aliphatic rings. The van der Waals surface area contributed by atoms with Gasteiger partial charge < -0.3 is 31.3 Å². The summed E-state index contributed by atoms with van der Waals surface area (Å²) in [7, 11) is 0. The summed E-state index contributed by atoms with van der Waals surface area (Å²) in [5, 5.41) is 35.8. The standard InChI is InChI=1S/C25H34N10O5S/c1-13-19-18(14(2)30-17(36)11-34-12-29-31-32-34)23(38)35(19)20(24(39)40)21(13)41-15-9-16(28-10-15)22(37)33-7-4-25(27,3-6-26)5-8-33/h12-16,18-19,28H,3-5,7-11,27H2,1-2H3,(H,30,36)(H,39,40)/t13-,14?,15+,16+,18-,19-/m1/s1. The molecule has 1 aromatic heterocycles. The van der Waals surface area contributed by atoms with Crippen molar-refractivity contribution >= 4 is 35.5 Å². The summed E-state index contributed by atoms with van der Waals surface area (Å²) in [5.74, 6) is -2.68. The van der Waals surface area contributed by atoms with Crippen LogP contribution in [0.15, 0.2) is 16.9 Å². The van der Waals surface area contributed by atoms with Crippen LogP contribution in [0.2, 0.25) is 0 Å². The van der Waals surface area contributed by atoms with Gasteiger partial charge in [-0.25, -0.2) is 9.48 Å². The topological polar surface area (TPSA) is 212 Å². The number of piperidine rings is 1. The lowest BCUT2D eigenvalue weighted by atomic mass is 9.78. The van der Waals surface area contributed by atoms with Gasteiger partial charge in [-0.1, -0.05) is 6.92 Å². The molecule has 5 heterocycles. The minimum atomic E-state index is -1.17. The van der Waals surface area contributed by atoms with Gasteiger partial charge in [-0.05, 0) is 36.6 Å². The van der Waals surface area contributed by atoms with Crippen molar-refractivity contribution in [3.05, 3.63) is 16.9 Å². The van der Waals surface area contributed by atoms with Crippen LogP contribution in [0.5, 0.6) is 0 Å². The third-order valence-corrected chi connectivity index (χ3v) is 10.1. The number of likely N-dealkylation sites (tertiary alicyclic amines) is 1. The van der Waals surface area contributed by atoms with E-state index in [-0.39, 0.29) is 59.6 Å². The van der Waals surface area contributed by atoms with Gasteiger partial charge in [0, 0.05) is 47.3 Å². The van der Waals surface area contributed by atoms with Gasteiger partial charge in [0.25, 0.3) is 0 Å². The molecule has 0 aliphatic carbocycles. The Balaban J connectivity index is 1.20. The molecule has 5 N–H and O–H groups in total. The molecular weight excluding hydrogens is 552 g/mol. The number of carboxylic acids is 1. The summed E-state index contributed by atoms with van der Waals surface area (Å²) in [6.07, 6.45) is 3.26. The zero-order chi connectivity index (χ0) is 29.5. The molecule has 5 rings (SSSR count). The zero-order valence-corrected chi connectivity index (χ0v) is 23.7. The summed E-state index contributed by atoms with van der Waals surface area (Å²) in [4.78, 5) is 54.9. The molecule has 1 unspecified atom stereocenters. The van der Waals surface area contributed by atoms with E-state index < -0.39 is 23.5 Å². The van der Waals surface area contributed by atoms with Gasteiger partial charge in [0.1, 0.15) is 18.6 Å². The fourth-order valence-electron chi connectivity index (χ4n) is 6.37. The highest BCUT2D eigenvalue weighted by Crippen LogP contribution is 2.51. The molecule has 3 amide bonds. The number of carbonyl (C=O) groups excluding carboxylic acids is 3. The van der Waals surface area contributed by atoms with Crippen LogP contribution in [0, 0.1) is 23.2 Å². The number of hydrogen-bond acceptors (Lipinski definition) is 11. The number of carboxylic acid groups (broad SMARTS) is 1. The predicted octanol–water partition coefficient (Wildman–Crippen LogP) is -1.35. The molecule has 0 saturated carbocycles. The van der Waals surface area contributed by atoms with E-state index in [9.17, 15) is 24.3 Å². The van der Waals surface area contributed by atoms with E-state index in [4.69, 9.17) is 11.0 Å². The Morgan fingerprint density at radius 3 is 2.73 bits per heavy atom.